The molecule has 0 aliphatic heterocycles. The molecule has 0 unspecified atom stereocenters. The third-order valence-corrected chi connectivity index (χ3v) is 5.30. The lowest BCUT2D eigenvalue weighted by atomic mass is 10.1. The van der Waals surface area contributed by atoms with Crippen molar-refractivity contribution in [3.8, 4) is 0 Å². The molecule has 0 fully saturated rings. The van der Waals surface area contributed by atoms with E-state index in [9.17, 15) is 9.18 Å². The summed E-state index contributed by atoms with van der Waals surface area (Å²) in [6, 6.07) is 6.89. The maximum Gasteiger partial charge on any atom is 0.255 e. The summed E-state index contributed by atoms with van der Waals surface area (Å²) in [6.45, 7) is 8.17. The Morgan fingerprint density at radius 3 is 2.81 bits per heavy atom. The quantitative estimate of drug-likeness (QED) is 0.523. The smallest absolute Gasteiger partial charge is 0.255 e. The van der Waals surface area contributed by atoms with Crippen molar-refractivity contribution in [3.05, 3.63) is 52.2 Å². The molecule has 0 saturated heterocycles. The summed E-state index contributed by atoms with van der Waals surface area (Å²) >= 11 is 1.52. The van der Waals surface area contributed by atoms with Gasteiger partial charge in [-0.15, -0.1) is 0 Å². The Kier molecular flexibility index (Phi) is 6.26. The third kappa shape index (κ3) is 4.38. The number of hydrogen-bond donors (Lipinski definition) is 0. The van der Waals surface area contributed by atoms with Gasteiger partial charge < -0.3 is 9.47 Å². The molecule has 3 aromatic rings. The van der Waals surface area contributed by atoms with E-state index in [-0.39, 0.29) is 11.7 Å². The largest absolute Gasteiger partial charge is 0.331 e. The van der Waals surface area contributed by atoms with Crippen LogP contribution < -0.4 is 0 Å². The van der Waals surface area contributed by atoms with Crippen molar-refractivity contribution < 1.29 is 9.18 Å². The lowest BCUT2D eigenvalue weighted by Crippen LogP contribution is -2.33. The Labute approximate surface area is 163 Å². The average Bonchev–Trinajstić information content (AvgIpc) is 3.28. The fourth-order valence-corrected chi connectivity index (χ4v) is 3.79. The lowest BCUT2D eigenvalue weighted by Gasteiger charge is -2.23. The van der Waals surface area contributed by atoms with E-state index in [1.807, 2.05) is 32.4 Å². The number of carbonyl (C=O) groups excluding carboxylic acids is 1. The van der Waals surface area contributed by atoms with Gasteiger partial charge in [-0.3, -0.25) is 4.79 Å². The van der Waals surface area contributed by atoms with Gasteiger partial charge in [-0.2, -0.15) is 11.3 Å². The van der Waals surface area contributed by atoms with Gasteiger partial charge in [0, 0.05) is 18.5 Å². The first-order valence-corrected chi connectivity index (χ1v) is 10.4. The molecule has 0 aliphatic carbocycles. The predicted octanol–water partition coefficient (Wildman–Crippen LogP) is 5.34. The Balaban J connectivity index is 1.95. The molecule has 2 aromatic heterocycles. The first kappa shape index (κ1) is 19.5. The molecule has 1 amide bonds. The zero-order valence-corrected chi connectivity index (χ0v) is 16.9. The fraction of sp³-hybridized carbons (Fsp3) is 0.429. The molecule has 0 spiro atoms. The number of carbonyl (C=O) groups is 1. The van der Waals surface area contributed by atoms with E-state index in [4.69, 9.17) is 0 Å². The number of aromatic nitrogens is 2. The number of fused-ring (bicyclic) bond motifs is 1. The van der Waals surface area contributed by atoms with Gasteiger partial charge in [-0.1, -0.05) is 26.8 Å². The summed E-state index contributed by atoms with van der Waals surface area (Å²) in [5, 5.41) is 3.79. The second-order valence-corrected chi connectivity index (χ2v) is 7.99. The Hall–Kier alpha value is -2.21. The average molecular weight is 388 g/mol. The van der Waals surface area contributed by atoms with Crippen LogP contribution in [0.5, 0.6) is 0 Å². The SMILES string of the molecule is CCCn1c(CN(CCC(C)C)C(=O)c2ccsc2)nc2c(F)cccc21. The van der Waals surface area contributed by atoms with Crippen molar-refractivity contribution in [2.24, 2.45) is 5.92 Å². The number of para-hydroxylation sites is 1. The highest BCUT2D eigenvalue weighted by Gasteiger charge is 2.21. The molecule has 2 heterocycles. The summed E-state index contributed by atoms with van der Waals surface area (Å²) < 4.78 is 16.3. The topological polar surface area (TPSA) is 38.1 Å². The van der Waals surface area contributed by atoms with Crippen LogP contribution in [0.3, 0.4) is 0 Å². The van der Waals surface area contributed by atoms with Crippen LogP contribution >= 0.6 is 11.3 Å². The number of nitrogens with zero attached hydrogens (tertiary/aromatic N) is 3. The minimum absolute atomic E-state index is 0.00692. The minimum atomic E-state index is -0.318. The first-order valence-electron chi connectivity index (χ1n) is 9.46. The number of amides is 1. The maximum atomic E-state index is 14.2. The van der Waals surface area contributed by atoms with E-state index < -0.39 is 0 Å². The number of imidazole rings is 1. The standard InChI is InChI=1S/C21H26FN3OS/c1-4-10-25-18-7-5-6-17(22)20(18)23-19(25)13-24(11-8-15(2)3)21(26)16-9-12-27-14-16/h5-7,9,12,14-15H,4,8,10-11,13H2,1-3H3. The van der Waals surface area contributed by atoms with Crippen LogP contribution in [0.4, 0.5) is 4.39 Å². The molecular formula is C21H26FN3OS. The highest BCUT2D eigenvalue weighted by molar-refractivity contribution is 7.08. The van der Waals surface area contributed by atoms with Crippen molar-refractivity contribution in [2.75, 3.05) is 6.54 Å². The van der Waals surface area contributed by atoms with E-state index in [0.717, 1.165) is 30.7 Å². The van der Waals surface area contributed by atoms with Crippen LogP contribution in [-0.4, -0.2) is 26.9 Å². The summed E-state index contributed by atoms with van der Waals surface area (Å²) in [6.07, 6.45) is 1.83. The van der Waals surface area contributed by atoms with E-state index >= 15 is 0 Å². The van der Waals surface area contributed by atoms with E-state index in [1.165, 1.54) is 17.4 Å². The Morgan fingerprint density at radius 2 is 2.15 bits per heavy atom. The summed E-state index contributed by atoms with van der Waals surface area (Å²) in [7, 11) is 0. The fourth-order valence-electron chi connectivity index (χ4n) is 3.16. The maximum absolute atomic E-state index is 14.2. The first-order chi connectivity index (χ1) is 13.0. The van der Waals surface area contributed by atoms with Crippen LogP contribution in [0.25, 0.3) is 11.0 Å². The zero-order chi connectivity index (χ0) is 19.4. The molecule has 0 radical (unpaired) electrons. The molecule has 0 atom stereocenters. The molecule has 27 heavy (non-hydrogen) atoms. The third-order valence-electron chi connectivity index (χ3n) is 4.62. The van der Waals surface area contributed by atoms with Gasteiger partial charge in [0.05, 0.1) is 17.6 Å². The van der Waals surface area contributed by atoms with Crippen LogP contribution in [0.1, 0.15) is 49.8 Å². The van der Waals surface area contributed by atoms with Gasteiger partial charge in [0.1, 0.15) is 11.3 Å². The van der Waals surface area contributed by atoms with E-state index in [2.05, 4.69) is 25.8 Å². The Morgan fingerprint density at radius 1 is 1.33 bits per heavy atom. The van der Waals surface area contributed by atoms with E-state index in [0.29, 0.717) is 30.1 Å². The van der Waals surface area contributed by atoms with Gasteiger partial charge in [0.2, 0.25) is 0 Å². The van der Waals surface area contributed by atoms with Crippen LogP contribution in [-0.2, 0) is 13.1 Å². The highest BCUT2D eigenvalue weighted by Crippen LogP contribution is 2.22. The second kappa shape index (κ2) is 8.65. The summed E-state index contributed by atoms with van der Waals surface area (Å²) in [5.74, 6) is 0.924. The molecule has 6 heteroatoms. The van der Waals surface area contributed by atoms with Crippen molar-refractivity contribution >= 4 is 28.3 Å². The minimum Gasteiger partial charge on any atom is -0.331 e. The zero-order valence-electron chi connectivity index (χ0n) is 16.1. The van der Waals surface area contributed by atoms with Crippen molar-refractivity contribution in [3.63, 3.8) is 0 Å². The second-order valence-electron chi connectivity index (χ2n) is 7.21. The molecule has 0 bridgehead atoms. The molecule has 144 valence electrons. The summed E-state index contributed by atoms with van der Waals surface area (Å²) in [5.41, 5.74) is 1.87. The number of halogens is 1. The number of hydrogen-bond acceptors (Lipinski definition) is 3. The van der Waals surface area contributed by atoms with Gasteiger partial charge >= 0.3 is 0 Å². The monoisotopic (exact) mass is 387 g/mol. The molecule has 0 saturated carbocycles. The number of rotatable bonds is 8. The normalized spacial score (nSPS) is 11.4. The molecule has 1 aromatic carbocycles. The number of thiophene rings is 1. The molecule has 4 nitrogen and oxygen atoms in total. The van der Waals surface area contributed by atoms with Crippen LogP contribution in [0.15, 0.2) is 35.0 Å². The lowest BCUT2D eigenvalue weighted by molar-refractivity contribution is 0.0730. The van der Waals surface area contributed by atoms with Gasteiger partial charge in [0.15, 0.2) is 5.82 Å². The van der Waals surface area contributed by atoms with Crippen LogP contribution in [0, 0.1) is 11.7 Å². The predicted molar refractivity (Wildman–Crippen MR) is 108 cm³/mol. The molecular weight excluding hydrogens is 361 g/mol. The molecule has 0 aliphatic rings. The highest BCUT2D eigenvalue weighted by atomic mass is 32.1. The van der Waals surface area contributed by atoms with Crippen molar-refractivity contribution in [1.29, 1.82) is 0 Å². The summed E-state index contributed by atoms with van der Waals surface area (Å²) in [4.78, 5) is 19.4. The number of aryl methyl sites for hydroxylation is 1. The molecule has 3 rings (SSSR count). The number of benzene rings is 1. The van der Waals surface area contributed by atoms with Gasteiger partial charge in [-0.25, -0.2) is 9.37 Å². The molecule has 0 N–H and O–H groups in total. The van der Waals surface area contributed by atoms with Crippen molar-refractivity contribution in [1.82, 2.24) is 14.5 Å². The van der Waals surface area contributed by atoms with Gasteiger partial charge in [0.25, 0.3) is 5.91 Å². The Bertz CT molecular complexity index is 902. The van der Waals surface area contributed by atoms with Crippen LogP contribution in [0.2, 0.25) is 0 Å². The van der Waals surface area contributed by atoms with E-state index in [1.54, 1.807) is 6.07 Å². The van der Waals surface area contributed by atoms with Gasteiger partial charge in [-0.05, 0) is 42.3 Å². The van der Waals surface area contributed by atoms with Crippen molar-refractivity contribution in [2.45, 2.75) is 46.7 Å².